The highest BCUT2D eigenvalue weighted by atomic mass is 32.1. The topological polar surface area (TPSA) is 33.1 Å². The molecule has 150 valence electrons. The molecule has 2 atom stereocenters. The molecule has 4 rings (SSSR count). The van der Waals surface area contributed by atoms with Crippen LogP contribution in [0, 0.1) is 19.7 Å². The summed E-state index contributed by atoms with van der Waals surface area (Å²) >= 11 is 5.70. The van der Waals surface area contributed by atoms with E-state index in [1.54, 1.807) is 0 Å². The number of rotatable bonds is 4. The number of nitrogens with zero attached hydrogens (tertiary/aromatic N) is 3. The van der Waals surface area contributed by atoms with Crippen LogP contribution < -0.4 is 5.32 Å². The second-order valence-corrected chi connectivity index (χ2v) is 8.15. The normalized spacial score (nSPS) is 19.1. The largest absolute Gasteiger partial charge is 0.352 e. The molecule has 0 spiro atoms. The van der Waals surface area contributed by atoms with Crippen molar-refractivity contribution in [2.24, 2.45) is 0 Å². The van der Waals surface area contributed by atoms with Gasteiger partial charge in [-0.15, -0.1) is 0 Å². The minimum absolute atomic E-state index is 0.0257. The maximum atomic E-state index is 13.4. The van der Waals surface area contributed by atoms with Gasteiger partial charge in [-0.2, -0.15) is 0 Å². The van der Waals surface area contributed by atoms with Gasteiger partial charge in [0.25, 0.3) is 0 Å². The van der Waals surface area contributed by atoms with Crippen LogP contribution in [0.1, 0.15) is 48.6 Å². The van der Waals surface area contributed by atoms with Crippen LogP contribution in [0.4, 0.5) is 4.39 Å². The predicted octanol–water partition coefficient (Wildman–Crippen LogP) is 5.01. The number of thiocarbonyl (C=S) groups is 1. The van der Waals surface area contributed by atoms with Gasteiger partial charge < -0.3 is 14.8 Å². The van der Waals surface area contributed by atoms with Gasteiger partial charge in [-0.1, -0.05) is 6.07 Å². The first-order valence-corrected chi connectivity index (χ1v) is 10.2. The molecule has 4 nitrogen and oxygen atoms in total. The van der Waals surface area contributed by atoms with Crippen molar-refractivity contribution in [3.8, 4) is 5.69 Å². The van der Waals surface area contributed by atoms with Gasteiger partial charge in [0.15, 0.2) is 5.11 Å². The third kappa shape index (κ3) is 3.42. The fourth-order valence-corrected chi connectivity index (χ4v) is 4.78. The highest BCUT2D eigenvalue weighted by Gasteiger charge is 2.42. The molecule has 1 aliphatic heterocycles. The van der Waals surface area contributed by atoms with Crippen molar-refractivity contribution in [3.05, 3.63) is 83.2 Å². The van der Waals surface area contributed by atoms with E-state index in [1.165, 1.54) is 17.7 Å². The maximum Gasteiger partial charge on any atom is 0.170 e. The summed E-state index contributed by atoms with van der Waals surface area (Å²) in [5, 5.41) is 4.23. The number of nitrogens with one attached hydrogen (secondary N) is 1. The Labute approximate surface area is 176 Å². The Kier molecular flexibility index (Phi) is 5.13. The molecule has 6 heteroatoms. The highest BCUT2D eigenvalue weighted by Crippen LogP contribution is 2.42. The fourth-order valence-electron chi connectivity index (χ4n) is 4.33. The first-order chi connectivity index (χ1) is 13.9. The van der Waals surface area contributed by atoms with Gasteiger partial charge in [-0.3, -0.25) is 4.98 Å². The van der Waals surface area contributed by atoms with E-state index in [1.807, 2.05) is 36.5 Å². The second-order valence-electron chi connectivity index (χ2n) is 7.77. The quantitative estimate of drug-likeness (QED) is 0.615. The Hall–Kier alpha value is -2.73. The number of hydrogen-bond donors (Lipinski definition) is 1. The molecule has 29 heavy (non-hydrogen) atoms. The van der Waals surface area contributed by atoms with Crippen LogP contribution in [-0.4, -0.2) is 25.6 Å². The first-order valence-electron chi connectivity index (χ1n) is 9.83. The molecule has 1 saturated heterocycles. The molecule has 1 N–H and O–H groups in total. The van der Waals surface area contributed by atoms with E-state index in [9.17, 15) is 4.39 Å². The lowest BCUT2D eigenvalue weighted by atomic mass is 9.96. The molecule has 0 aliphatic carbocycles. The van der Waals surface area contributed by atoms with Crippen LogP contribution in [0.25, 0.3) is 5.69 Å². The summed E-state index contributed by atoms with van der Waals surface area (Å²) < 4.78 is 15.6. The lowest BCUT2D eigenvalue weighted by molar-refractivity contribution is 0.269. The van der Waals surface area contributed by atoms with Gasteiger partial charge in [-0.05, 0) is 87.9 Å². The SMILES string of the molecule is Cc1cc([C@@H]2[C@H](c3ccccn3)NC(=S)N2C(C)C)c(C)n1-c1ccc(F)cc1. The van der Waals surface area contributed by atoms with Gasteiger partial charge in [0.2, 0.25) is 0 Å². The van der Waals surface area contributed by atoms with Gasteiger partial charge in [0, 0.05) is 29.3 Å². The molecule has 0 amide bonds. The summed E-state index contributed by atoms with van der Waals surface area (Å²) in [6, 6.07) is 15.0. The van der Waals surface area contributed by atoms with Crippen molar-refractivity contribution >= 4 is 17.3 Å². The number of aromatic nitrogens is 2. The standard InChI is InChI=1S/C23H25FN4S/c1-14(2)27-22(21(26-23(27)29)20-7-5-6-12-25-20)19-13-15(3)28(16(19)4)18-10-8-17(24)9-11-18/h5-14,21-22H,1-4H3,(H,26,29)/t21-,22+/m0/s1. The second kappa shape index (κ2) is 7.59. The van der Waals surface area contributed by atoms with Crippen molar-refractivity contribution in [1.29, 1.82) is 0 Å². The average Bonchev–Trinajstić information content (AvgIpc) is 3.19. The molecule has 2 aromatic heterocycles. The van der Waals surface area contributed by atoms with Crippen molar-refractivity contribution in [1.82, 2.24) is 19.8 Å². The zero-order valence-electron chi connectivity index (χ0n) is 17.1. The van der Waals surface area contributed by atoms with Gasteiger partial charge in [0.05, 0.1) is 17.8 Å². The zero-order chi connectivity index (χ0) is 20.7. The van der Waals surface area contributed by atoms with Crippen molar-refractivity contribution < 1.29 is 4.39 Å². The number of halogens is 1. The van der Waals surface area contributed by atoms with Gasteiger partial charge in [0.1, 0.15) is 5.82 Å². The summed E-state index contributed by atoms with van der Waals surface area (Å²) in [5.74, 6) is -0.233. The molecule has 1 aliphatic rings. The van der Waals surface area contributed by atoms with E-state index in [0.29, 0.717) is 0 Å². The molecule has 1 aromatic carbocycles. The van der Waals surface area contributed by atoms with Crippen LogP contribution in [0.15, 0.2) is 54.7 Å². The molecular weight excluding hydrogens is 383 g/mol. The van der Waals surface area contributed by atoms with Crippen LogP contribution in [0.5, 0.6) is 0 Å². The van der Waals surface area contributed by atoms with E-state index in [-0.39, 0.29) is 23.9 Å². The highest BCUT2D eigenvalue weighted by molar-refractivity contribution is 7.80. The smallest absolute Gasteiger partial charge is 0.170 e. The number of hydrogen-bond acceptors (Lipinski definition) is 2. The third-order valence-electron chi connectivity index (χ3n) is 5.57. The average molecular weight is 409 g/mol. The van der Waals surface area contributed by atoms with Crippen LogP contribution >= 0.6 is 12.2 Å². The molecule has 0 radical (unpaired) electrons. The third-order valence-corrected chi connectivity index (χ3v) is 5.89. The van der Waals surface area contributed by atoms with E-state index in [0.717, 1.165) is 27.9 Å². The lowest BCUT2D eigenvalue weighted by Crippen LogP contribution is -2.35. The molecule has 1 fully saturated rings. The van der Waals surface area contributed by atoms with Gasteiger partial charge in [-0.25, -0.2) is 4.39 Å². The van der Waals surface area contributed by atoms with Crippen molar-refractivity contribution in [2.75, 3.05) is 0 Å². The minimum Gasteiger partial charge on any atom is -0.352 e. The van der Waals surface area contributed by atoms with Gasteiger partial charge >= 0.3 is 0 Å². The summed E-state index contributed by atoms with van der Waals surface area (Å²) in [7, 11) is 0. The molecule has 3 heterocycles. The zero-order valence-corrected chi connectivity index (χ0v) is 17.9. The fraction of sp³-hybridized carbons (Fsp3) is 0.304. The Morgan fingerprint density at radius 2 is 1.83 bits per heavy atom. The Balaban J connectivity index is 1.85. The number of pyridine rings is 1. The van der Waals surface area contributed by atoms with Crippen LogP contribution in [0.2, 0.25) is 0 Å². The molecular formula is C23H25FN4S. The Morgan fingerprint density at radius 3 is 2.45 bits per heavy atom. The van der Waals surface area contributed by atoms with E-state index < -0.39 is 0 Å². The lowest BCUT2D eigenvalue weighted by Gasteiger charge is -2.31. The molecule has 3 aromatic rings. The molecule has 0 bridgehead atoms. The monoisotopic (exact) mass is 408 g/mol. The van der Waals surface area contributed by atoms with Crippen molar-refractivity contribution in [3.63, 3.8) is 0 Å². The van der Waals surface area contributed by atoms with Crippen LogP contribution in [-0.2, 0) is 0 Å². The Bertz CT molecular complexity index is 1030. The number of benzene rings is 1. The minimum atomic E-state index is -0.233. The summed E-state index contributed by atoms with van der Waals surface area (Å²) in [4.78, 5) is 6.85. The van der Waals surface area contributed by atoms with E-state index in [2.05, 4.69) is 53.5 Å². The predicted molar refractivity (Wildman–Crippen MR) is 118 cm³/mol. The number of aryl methyl sites for hydroxylation is 1. The van der Waals surface area contributed by atoms with E-state index in [4.69, 9.17) is 12.2 Å². The maximum absolute atomic E-state index is 13.4. The molecule has 0 unspecified atom stereocenters. The summed E-state index contributed by atoms with van der Waals surface area (Å²) in [5.41, 5.74) is 5.34. The van der Waals surface area contributed by atoms with Crippen LogP contribution in [0.3, 0.4) is 0 Å². The first kappa shape index (κ1) is 19.6. The Morgan fingerprint density at radius 1 is 1.10 bits per heavy atom. The molecule has 0 saturated carbocycles. The van der Waals surface area contributed by atoms with Crippen molar-refractivity contribution in [2.45, 2.75) is 45.8 Å². The summed E-state index contributed by atoms with van der Waals surface area (Å²) in [6.07, 6.45) is 1.82. The van der Waals surface area contributed by atoms with E-state index >= 15 is 0 Å². The summed E-state index contributed by atoms with van der Waals surface area (Å²) in [6.45, 7) is 8.50.